The molecule has 130 valence electrons. The van der Waals surface area contributed by atoms with Gasteiger partial charge in [-0.3, -0.25) is 9.78 Å². The van der Waals surface area contributed by atoms with Gasteiger partial charge >= 0.3 is 5.97 Å². The molecule has 0 saturated carbocycles. The molecule has 0 spiro atoms. The molecule has 7 N–H and O–H groups in total. The van der Waals surface area contributed by atoms with E-state index in [2.05, 4.69) is 14.7 Å². The Labute approximate surface area is 134 Å². The number of esters is 1. The third-order valence-corrected chi connectivity index (χ3v) is 3.98. The van der Waals surface area contributed by atoms with E-state index in [1.807, 2.05) is 0 Å². The zero-order valence-electron chi connectivity index (χ0n) is 12.7. The Kier molecular flexibility index (Phi) is 4.01. The summed E-state index contributed by atoms with van der Waals surface area (Å²) in [6, 6.07) is -0.912. The average Bonchev–Trinajstić information content (AvgIpc) is 3.06. The summed E-state index contributed by atoms with van der Waals surface area (Å²) in [5.74, 6) is -0.907. The van der Waals surface area contributed by atoms with Gasteiger partial charge in [-0.1, -0.05) is 0 Å². The van der Waals surface area contributed by atoms with Crippen LogP contribution < -0.4 is 17.0 Å². The van der Waals surface area contributed by atoms with E-state index in [0.29, 0.717) is 0 Å². The molecule has 0 aliphatic carbocycles. The molecule has 2 aromatic rings. The van der Waals surface area contributed by atoms with Gasteiger partial charge in [-0.2, -0.15) is 4.98 Å². The minimum Gasteiger partial charge on any atom is -0.465 e. The van der Waals surface area contributed by atoms with Crippen molar-refractivity contribution in [1.29, 1.82) is 0 Å². The highest BCUT2D eigenvalue weighted by atomic mass is 16.5. The summed E-state index contributed by atoms with van der Waals surface area (Å²) < 4.78 is 11.5. The van der Waals surface area contributed by atoms with Gasteiger partial charge in [0.15, 0.2) is 11.9 Å². The van der Waals surface area contributed by atoms with Crippen molar-refractivity contribution in [2.45, 2.75) is 24.5 Å². The molecule has 0 aromatic carbocycles. The number of aromatic amines is 1. The molecule has 1 aliphatic rings. The summed E-state index contributed by atoms with van der Waals surface area (Å²) in [6.45, 7) is -0.440. The van der Waals surface area contributed by atoms with Crippen LogP contribution in [-0.2, 0) is 9.47 Å². The predicted molar refractivity (Wildman–Crippen MR) is 81.1 cm³/mol. The Hall–Kier alpha value is -2.47. The number of rotatable bonds is 3. The van der Waals surface area contributed by atoms with E-state index in [1.54, 1.807) is 0 Å². The molecule has 3 rings (SSSR count). The van der Waals surface area contributed by atoms with E-state index in [9.17, 15) is 19.8 Å². The molecule has 11 nitrogen and oxygen atoms in total. The largest absolute Gasteiger partial charge is 0.465 e. The highest BCUT2D eigenvalue weighted by molar-refractivity contribution is 6.03. The number of nitrogen functional groups attached to an aromatic ring is 1. The molecule has 3 heterocycles. The molecule has 0 bridgehead atoms. The summed E-state index contributed by atoms with van der Waals surface area (Å²) in [5, 5.41) is 19.2. The third-order valence-electron chi connectivity index (χ3n) is 3.98. The number of hydrogen-bond donors (Lipinski definition) is 5. The summed E-state index contributed by atoms with van der Waals surface area (Å²) in [4.78, 5) is 30.5. The number of nitrogens with one attached hydrogen (secondary N) is 1. The number of nitrogens with two attached hydrogens (primary N) is 2. The highest BCUT2D eigenvalue weighted by Gasteiger charge is 2.43. The van der Waals surface area contributed by atoms with Gasteiger partial charge < -0.3 is 35.7 Å². The fourth-order valence-electron chi connectivity index (χ4n) is 2.80. The molecule has 11 heteroatoms. The van der Waals surface area contributed by atoms with Crippen LogP contribution in [0.3, 0.4) is 0 Å². The van der Waals surface area contributed by atoms with Crippen LogP contribution in [0.15, 0.2) is 11.0 Å². The van der Waals surface area contributed by atoms with Crippen LogP contribution in [0.2, 0.25) is 0 Å². The highest BCUT2D eigenvalue weighted by Crippen LogP contribution is 2.31. The summed E-state index contributed by atoms with van der Waals surface area (Å²) in [6.07, 6.45) is -1.68. The summed E-state index contributed by atoms with van der Waals surface area (Å²) in [7, 11) is 1.17. The monoisotopic (exact) mass is 339 g/mol. The molecule has 0 radical (unpaired) electrons. The number of aromatic nitrogens is 3. The van der Waals surface area contributed by atoms with Crippen LogP contribution in [-0.4, -0.2) is 62.7 Å². The average molecular weight is 339 g/mol. The van der Waals surface area contributed by atoms with Crippen molar-refractivity contribution in [2.24, 2.45) is 5.73 Å². The molecule has 4 unspecified atom stereocenters. The van der Waals surface area contributed by atoms with Crippen molar-refractivity contribution >= 4 is 23.0 Å². The lowest BCUT2D eigenvalue weighted by molar-refractivity contribution is -0.0435. The standard InChI is InChI=1S/C13H17N5O6/c1-23-12(22)4-2-18(9-6(4)10(21)17-13(15)16-9)11-7(14)8(20)5(3-19)24-11/h2,5,7-8,11,19-20H,3,14H2,1H3,(H3,15,16,17,21). The number of anilines is 1. The molecule has 2 aromatic heterocycles. The first-order chi connectivity index (χ1) is 11.4. The van der Waals surface area contributed by atoms with E-state index in [4.69, 9.17) is 16.2 Å². The Balaban J connectivity index is 2.22. The molecule has 1 fully saturated rings. The third kappa shape index (κ3) is 2.34. The molecular formula is C13H17N5O6. The second-order valence-corrected chi connectivity index (χ2v) is 5.41. The van der Waals surface area contributed by atoms with Crippen LogP contribution in [0.1, 0.15) is 16.6 Å². The first-order valence-electron chi connectivity index (χ1n) is 7.07. The van der Waals surface area contributed by atoms with Gasteiger partial charge in [0, 0.05) is 6.20 Å². The van der Waals surface area contributed by atoms with Gasteiger partial charge in [0.25, 0.3) is 5.56 Å². The lowest BCUT2D eigenvalue weighted by Crippen LogP contribution is -2.39. The van der Waals surface area contributed by atoms with Gasteiger partial charge in [0.2, 0.25) is 5.95 Å². The molecule has 24 heavy (non-hydrogen) atoms. The number of carbonyl (C=O) groups excluding carboxylic acids is 1. The first kappa shape index (κ1) is 16.4. The first-order valence-corrected chi connectivity index (χ1v) is 7.07. The van der Waals surface area contributed by atoms with Crippen LogP contribution in [0.25, 0.3) is 11.0 Å². The Morgan fingerprint density at radius 1 is 1.58 bits per heavy atom. The van der Waals surface area contributed by atoms with Crippen molar-refractivity contribution in [3.63, 3.8) is 0 Å². The quantitative estimate of drug-likeness (QED) is 0.383. The second-order valence-electron chi connectivity index (χ2n) is 5.41. The topological polar surface area (TPSA) is 179 Å². The zero-order chi connectivity index (χ0) is 17.6. The van der Waals surface area contributed by atoms with E-state index < -0.39 is 42.6 Å². The van der Waals surface area contributed by atoms with Crippen molar-refractivity contribution in [3.8, 4) is 0 Å². The lowest BCUT2D eigenvalue weighted by atomic mass is 10.1. The fraction of sp³-hybridized carbons (Fsp3) is 0.462. The summed E-state index contributed by atoms with van der Waals surface area (Å²) in [5.41, 5.74) is 10.9. The number of ether oxygens (including phenoxy) is 2. The molecule has 1 aliphatic heterocycles. The van der Waals surface area contributed by atoms with E-state index in [0.717, 1.165) is 0 Å². The Morgan fingerprint density at radius 2 is 2.29 bits per heavy atom. The van der Waals surface area contributed by atoms with Crippen LogP contribution in [0.4, 0.5) is 5.95 Å². The lowest BCUT2D eigenvalue weighted by Gasteiger charge is -2.18. The minimum absolute atomic E-state index is 0.0335. The Morgan fingerprint density at radius 3 is 2.88 bits per heavy atom. The van der Waals surface area contributed by atoms with Gasteiger partial charge in [0.1, 0.15) is 12.2 Å². The van der Waals surface area contributed by atoms with E-state index in [1.165, 1.54) is 17.9 Å². The number of fused-ring (bicyclic) bond motifs is 1. The van der Waals surface area contributed by atoms with Crippen LogP contribution in [0, 0.1) is 0 Å². The number of methoxy groups -OCH3 is 1. The van der Waals surface area contributed by atoms with Crippen molar-refractivity contribution in [2.75, 3.05) is 19.5 Å². The van der Waals surface area contributed by atoms with Gasteiger partial charge in [-0.25, -0.2) is 4.79 Å². The maximum absolute atomic E-state index is 12.2. The number of H-pyrrole nitrogens is 1. The predicted octanol–water partition coefficient (Wildman–Crippen LogP) is -2.33. The number of hydrogen-bond acceptors (Lipinski definition) is 9. The minimum atomic E-state index is -1.13. The maximum atomic E-state index is 12.2. The molecule has 0 amide bonds. The molecule has 1 saturated heterocycles. The second kappa shape index (κ2) is 5.87. The SMILES string of the molecule is COC(=O)c1cn(C2OC(CO)C(O)C2N)c2nc(N)[nH]c(=O)c12. The Bertz CT molecular complexity index is 845. The van der Waals surface area contributed by atoms with Crippen molar-refractivity contribution in [1.82, 2.24) is 14.5 Å². The van der Waals surface area contributed by atoms with Crippen molar-refractivity contribution in [3.05, 3.63) is 22.1 Å². The van der Waals surface area contributed by atoms with Crippen molar-refractivity contribution < 1.29 is 24.5 Å². The van der Waals surface area contributed by atoms with Gasteiger partial charge in [-0.15, -0.1) is 0 Å². The van der Waals surface area contributed by atoms with Gasteiger partial charge in [0.05, 0.1) is 30.7 Å². The smallest absolute Gasteiger partial charge is 0.340 e. The number of aliphatic hydroxyl groups is 2. The number of nitrogens with zero attached hydrogens (tertiary/aromatic N) is 2. The van der Waals surface area contributed by atoms with E-state index >= 15 is 0 Å². The molecule has 4 atom stereocenters. The van der Waals surface area contributed by atoms with Crippen LogP contribution in [0.5, 0.6) is 0 Å². The maximum Gasteiger partial charge on any atom is 0.340 e. The molecular weight excluding hydrogens is 322 g/mol. The van der Waals surface area contributed by atoms with E-state index in [-0.39, 0.29) is 22.5 Å². The number of aliphatic hydroxyl groups excluding tert-OH is 2. The van der Waals surface area contributed by atoms with Crippen LogP contribution >= 0.6 is 0 Å². The zero-order valence-corrected chi connectivity index (χ0v) is 12.7. The fourth-order valence-corrected chi connectivity index (χ4v) is 2.80. The number of carbonyl (C=O) groups is 1. The van der Waals surface area contributed by atoms with Gasteiger partial charge in [-0.05, 0) is 0 Å². The summed E-state index contributed by atoms with van der Waals surface area (Å²) >= 11 is 0. The normalized spacial score (nSPS) is 26.8.